The van der Waals surface area contributed by atoms with Crippen LogP contribution in [0.4, 0.5) is 10.1 Å². The second kappa shape index (κ2) is 14.3. The van der Waals surface area contributed by atoms with Crippen molar-refractivity contribution in [1.29, 1.82) is 0 Å². The van der Waals surface area contributed by atoms with Gasteiger partial charge in [0.1, 0.15) is 18.4 Å². The van der Waals surface area contributed by atoms with Crippen molar-refractivity contribution in [3.05, 3.63) is 131 Å². The van der Waals surface area contributed by atoms with Crippen LogP contribution in [-0.2, 0) is 32.6 Å². The van der Waals surface area contributed by atoms with Crippen LogP contribution >= 0.6 is 0 Å². The zero-order valence-electron chi connectivity index (χ0n) is 25.5. The Morgan fingerprint density at radius 2 is 1.43 bits per heavy atom. The molecular weight excluding hydrogens is 577 g/mol. The highest BCUT2D eigenvalue weighted by Crippen LogP contribution is 2.27. The predicted molar refractivity (Wildman–Crippen MR) is 171 cm³/mol. The van der Waals surface area contributed by atoms with Crippen molar-refractivity contribution in [1.82, 2.24) is 10.2 Å². The molecule has 4 aromatic rings. The van der Waals surface area contributed by atoms with E-state index in [4.69, 9.17) is 0 Å². The van der Waals surface area contributed by atoms with E-state index in [0.717, 1.165) is 26.6 Å². The number of nitrogens with zero attached hydrogens (tertiary/aromatic N) is 2. The van der Waals surface area contributed by atoms with E-state index in [-0.39, 0.29) is 23.4 Å². The third-order valence-corrected chi connectivity index (χ3v) is 9.09. The molecule has 4 aromatic carbocycles. The summed E-state index contributed by atoms with van der Waals surface area (Å²) in [5.41, 5.74) is 3.86. The molecule has 0 aliphatic rings. The lowest BCUT2D eigenvalue weighted by molar-refractivity contribution is -0.140. The van der Waals surface area contributed by atoms with Crippen molar-refractivity contribution in [2.45, 2.75) is 51.6 Å². The van der Waals surface area contributed by atoms with Gasteiger partial charge in [0.05, 0.1) is 10.6 Å². The molecule has 0 fully saturated rings. The van der Waals surface area contributed by atoms with Crippen LogP contribution in [0.2, 0.25) is 0 Å². The van der Waals surface area contributed by atoms with Gasteiger partial charge < -0.3 is 10.2 Å². The number of anilines is 1. The van der Waals surface area contributed by atoms with Gasteiger partial charge in [-0.1, -0.05) is 72.3 Å². The average Bonchev–Trinajstić information content (AvgIpc) is 2.98. The Kier molecular flexibility index (Phi) is 10.5. The topological polar surface area (TPSA) is 86.8 Å². The Morgan fingerprint density at radius 1 is 0.818 bits per heavy atom. The number of nitrogens with one attached hydrogen (secondary N) is 1. The number of aryl methyl sites for hydroxylation is 3. The van der Waals surface area contributed by atoms with E-state index in [0.29, 0.717) is 12.2 Å². The quantitative estimate of drug-likeness (QED) is 0.221. The fourth-order valence-electron chi connectivity index (χ4n) is 5.12. The zero-order chi connectivity index (χ0) is 31.9. The van der Waals surface area contributed by atoms with E-state index in [1.165, 1.54) is 23.1 Å². The molecule has 0 bridgehead atoms. The highest BCUT2D eigenvalue weighted by Gasteiger charge is 2.35. The van der Waals surface area contributed by atoms with Crippen molar-refractivity contribution in [3.63, 3.8) is 0 Å². The normalized spacial score (nSPS) is 11.9. The Morgan fingerprint density at radius 3 is 2.05 bits per heavy atom. The summed E-state index contributed by atoms with van der Waals surface area (Å²) in [4.78, 5) is 29.3. The lowest BCUT2D eigenvalue weighted by Crippen LogP contribution is -2.53. The molecule has 9 heteroatoms. The second-order valence-electron chi connectivity index (χ2n) is 10.9. The third kappa shape index (κ3) is 7.90. The second-order valence-corrected chi connectivity index (χ2v) is 12.7. The number of amides is 2. The van der Waals surface area contributed by atoms with E-state index in [2.05, 4.69) is 5.32 Å². The molecule has 0 spiro atoms. The largest absolute Gasteiger partial charge is 0.355 e. The fourth-order valence-corrected chi connectivity index (χ4v) is 6.51. The van der Waals surface area contributed by atoms with Gasteiger partial charge in [-0.25, -0.2) is 12.8 Å². The molecule has 7 nitrogen and oxygen atoms in total. The summed E-state index contributed by atoms with van der Waals surface area (Å²) in [5, 5.41) is 2.80. The van der Waals surface area contributed by atoms with Crippen LogP contribution in [0.15, 0.2) is 102 Å². The summed E-state index contributed by atoms with van der Waals surface area (Å²) in [7, 11) is -4.22. The maximum absolute atomic E-state index is 15.0. The van der Waals surface area contributed by atoms with Gasteiger partial charge in [-0.05, 0) is 74.7 Å². The van der Waals surface area contributed by atoms with Crippen molar-refractivity contribution < 1.29 is 22.4 Å². The maximum Gasteiger partial charge on any atom is 0.264 e. The van der Waals surface area contributed by atoms with Gasteiger partial charge in [-0.15, -0.1) is 0 Å². The van der Waals surface area contributed by atoms with Crippen LogP contribution in [0, 0.1) is 26.6 Å². The van der Waals surface area contributed by atoms with Gasteiger partial charge in [0, 0.05) is 25.1 Å². The van der Waals surface area contributed by atoms with Crippen molar-refractivity contribution >= 4 is 27.5 Å². The molecule has 2 amide bonds. The van der Waals surface area contributed by atoms with Crippen molar-refractivity contribution in [3.8, 4) is 0 Å². The number of sulfonamides is 1. The first-order chi connectivity index (χ1) is 21.0. The Hall–Kier alpha value is -4.50. The van der Waals surface area contributed by atoms with Crippen LogP contribution in [0.5, 0.6) is 0 Å². The third-order valence-electron chi connectivity index (χ3n) is 7.30. The summed E-state index contributed by atoms with van der Waals surface area (Å²) in [6, 6.07) is 26.0. The van der Waals surface area contributed by atoms with Gasteiger partial charge in [0.25, 0.3) is 10.0 Å². The van der Waals surface area contributed by atoms with E-state index in [1.54, 1.807) is 49.4 Å². The van der Waals surface area contributed by atoms with Crippen LogP contribution in [0.3, 0.4) is 0 Å². The monoisotopic (exact) mass is 615 g/mol. The molecule has 4 rings (SSSR count). The first-order valence-electron chi connectivity index (χ1n) is 14.5. The summed E-state index contributed by atoms with van der Waals surface area (Å²) < 4.78 is 44.3. The number of halogens is 1. The standard InChI is InChI=1S/C35H38FN3O4S/c1-5-37-35(41)33(22-28-11-7-6-8-12-28)38(23-29-13-9-10-14-32(29)36)34(40)24-39(30-20-26(3)19-27(4)21-30)44(42,43)31-17-15-25(2)16-18-31/h6-21,33H,5,22-24H2,1-4H3,(H,37,41). The van der Waals surface area contributed by atoms with Crippen LogP contribution in [-0.4, -0.2) is 44.3 Å². The van der Waals surface area contributed by atoms with E-state index >= 15 is 0 Å². The molecule has 0 saturated heterocycles. The number of hydrogen-bond acceptors (Lipinski definition) is 4. The molecule has 1 unspecified atom stereocenters. The predicted octanol–water partition coefficient (Wildman–Crippen LogP) is 5.72. The highest BCUT2D eigenvalue weighted by atomic mass is 32.2. The van der Waals surface area contributed by atoms with Crippen LogP contribution in [0.1, 0.15) is 34.7 Å². The Bertz CT molecular complexity index is 1690. The number of likely N-dealkylation sites (N-methyl/N-ethyl adjacent to an activating group) is 1. The summed E-state index contributed by atoms with van der Waals surface area (Å²) in [5.74, 6) is -1.59. The zero-order valence-corrected chi connectivity index (χ0v) is 26.3. The van der Waals surface area contributed by atoms with Gasteiger partial charge in [0.15, 0.2) is 0 Å². The van der Waals surface area contributed by atoms with Crippen molar-refractivity contribution in [2.75, 3.05) is 17.4 Å². The molecule has 1 N–H and O–H groups in total. The molecular formula is C35H38FN3O4S. The number of benzene rings is 4. The molecule has 0 aliphatic carbocycles. The van der Waals surface area contributed by atoms with Gasteiger partial charge in [0.2, 0.25) is 11.8 Å². The average molecular weight is 616 g/mol. The minimum Gasteiger partial charge on any atom is -0.355 e. The molecule has 1 atom stereocenters. The molecule has 0 aromatic heterocycles. The first-order valence-corrected chi connectivity index (χ1v) is 16.0. The fraction of sp³-hybridized carbons (Fsp3) is 0.257. The van der Waals surface area contributed by atoms with E-state index < -0.39 is 40.2 Å². The molecule has 230 valence electrons. The summed E-state index contributed by atoms with van der Waals surface area (Å²) >= 11 is 0. The minimum atomic E-state index is -4.22. The smallest absolute Gasteiger partial charge is 0.264 e. The molecule has 44 heavy (non-hydrogen) atoms. The number of carbonyl (C=O) groups excluding carboxylic acids is 2. The van der Waals surface area contributed by atoms with Crippen LogP contribution in [0.25, 0.3) is 0 Å². The summed E-state index contributed by atoms with van der Waals surface area (Å²) in [6.07, 6.45) is 0.154. The molecule has 0 aliphatic heterocycles. The summed E-state index contributed by atoms with van der Waals surface area (Å²) in [6.45, 7) is 6.83. The number of rotatable bonds is 12. The van der Waals surface area contributed by atoms with E-state index in [9.17, 15) is 22.4 Å². The maximum atomic E-state index is 15.0. The Labute approximate surface area is 259 Å². The Balaban J connectivity index is 1.83. The number of hydrogen-bond donors (Lipinski definition) is 1. The lowest BCUT2D eigenvalue weighted by Gasteiger charge is -2.34. The minimum absolute atomic E-state index is 0.0280. The number of carbonyl (C=O) groups is 2. The molecule has 0 saturated carbocycles. The van der Waals surface area contributed by atoms with E-state index in [1.807, 2.05) is 57.2 Å². The van der Waals surface area contributed by atoms with Gasteiger partial charge in [-0.3, -0.25) is 13.9 Å². The molecule has 0 radical (unpaired) electrons. The SMILES string of the molecule is CCNC(=O)C(Cc1ccccc1)N(Cc1ccccc1F)C(=O)CN(c1cc(C)cc(C)c1)S(=O)(=O)c1ccc(C)cc1. The first kappa shape index (κ1) is 32.4. The van der Waals surface area contributed by atoms with Crippen LogP contribution < -0.4 is 9.62 Å². The lowest BCUT2D eigenvalue weighted by atomic mass is 10.0. The highest BCUT2D eigenvalue weighted by molar-refractivity contribution is 7.92. The van der Waals surface area contributed by atoms with Crippen molar-refractivity contribution in [2.24, 2.45) is 0 Å². The van der Waals surface area contributed by atoms with Gasteiger partial charge in [-0.2, -0.15) is 0 Å². The van der Waals surface area contributed by atoms with Gasteiger partial charge >= 0.3 is 0 Å². The molecule has 0 heterocycles.